The van der Waals surface area contributed by atoms with Gasteiger partial charge in [-0.1, -0.05) is 11.6 Å². The Bertz CT molecular complexity index is 303. The SMILES string of the molecule is ON=C1CCCCC1Cc1ccco1. The van der Waals surface area contributed by atoms with Crippen molar-refractivity contribution in [3.8, 4) is 0 Å². The van der Waals surface area contributed by atoms with Gasteiger partial charge in [0.25, 0.3) is 0 Å². The highest BCUT2D eigenvalue weighted by molar-refractivity contribution is 5.87. The number of nitrogens with zero attached hydrogens (tertiary/aromatic N) is 1. The molecule has 0 aliphatic heterocycles. The Balaban J connectivity index is 2.02. The van der Waals surface area contributed by atoms with Crippen molar-refractivity contribution < 1.29 is 9.62 Å². The van der Waals surface area contributed by atoms with E-state index in [1.807, 2.05) is 12.1 Å². The zero-order valence-electron chi connectivity index (χ0n) is 8.15. The summed E-state index contributed by atoms with van der Waals surface area (Å²) >= 11 is 0. The molecule has 0 spiro atoms. The molecule has 0 aromatic carbocycles. The average molecular weight is 193 g/mol. The molecule has 1 N–H and O–H groups in total. The van der Waals surface area contributed by atoms with Crippen LogP contribution in [0.2, 0.25) is 0 Å². The molecule has 1 saturated carbocycles. The zero-order valence-corrected chi connectivity index (χ0v) is 8.15. The molecule has 1 atom stereocenters. The lowest BCUT2D eigenvalue weighted by Crippen LogP contribution is -2.21. The van der Waals surface area contributed by atoms with Crippen molar-refractivity contribution in [3.63, 3.8) is 0 Å². The first-order chi connectivity index (χ1) is 6.90. The highest BCUT2D eigenvalue weighted by Crippen LogP contribution is 2.25. The molecule has 2 rings (SSSR count). The molecule has 76 valence electrons. The Hall–Kier alpha value is -1.25. The van der Waals surface area contributed by atoms with Gasteiger partial charge in [0, 0.05) is 12.3 Å². The Morgan fingerprint density at radius 1 is 1.50 bits per heavy atom. The summed E-state index contributed by atoms with van der Waals surface area (Å²) in [6.45, 7) is 0. The maximum Gasteiger partial charge on any atom is 0.104 e. The van der Waals surface area contributed by atoms with Crippen molar-refractivity contribution in [2.24, 2.45) is 11.1 Å². The van der Waals surface area contributed by atoms with Crippen LogP contribution in [0.5, 0.6) is 0 Å². The number of rotatable bonds is 2. The summed E-state index contributed by atoms with van der Waals surface area (Å²) in [7, 11) is 0. The first kappa shape index (κ1) is 9.31. The van der Waals surface area contributed by atoms with Crippen molar-refractivity contribution in [3.05, 3.63) is 24.2 Å². The van der Waals surface area contributed by atoms with Gasteiger partial charge in [0.2, 0.25) is 0 Å². The van der Waals surface area contributed by atoms with E-state index in [0.717, 1.165) is 37.2 Å². The van der Waals surface area contributed by atoms with E-state index in [4.69, 9.17) is 9.62 Å². The third-order valence-electron chi connectivity index (χ3n) is 2.86. The minimum absolute atomic E-state index is 0.375. The molecule has 0 amide bonds. The summed E-state index contributed by atoms with van der Waals surface area (Å²) in [4.78, 5) is 0. The van der Waals surface area contributed by atoms with Gasteiger partial charge < -0.3 is 9.62 Å². The second-order valence-corrected chi connectivity index (χ2v) is 3.82. The van der Waals surface area contributed by atoms with E-state index >= 15 is 0 Å². The molecule has 1 unspecified atom stereocenters. The van der Waals surface area contributed by atoms with Gasteiger partial charge in [-0.3, -0.25) is 0 Å². The predicted molar refractivity (Wildman–Crippen MR) is 53.6 cm³/mol. The van der Waals surface area contributed by atoms with Gasteiger partial charge in [-0.25, -0.2) is 0 Å². The van der Waals surface area contributed by atoms with Gasteiger partial charge in [0.05, 0.1) is 12.0 Å². The highest BCUT2D eigenvalue weighted by atomic mass is 16.4. The Labute approximate surface area is 83.4 Å². The molecule has 3 heteroatoms. The monoisotopic (exact) mass is 193 g/mol. The standard InChI is InChI=1S/C11H15NO2/c13-12-11-6-2-1-4-9(11)8-10-5-3-7-14-10/h3,5,7,9,13H,1-2,4,6,8H2. The van der Waals surface area contributed by atoms with Gasteiger partial charge in [-0.2, -0.15) is 0 Å². The number of hydrogen-bond acceptors (Lipinski definition) is 3. The molecule has 0 radical (unpaired) electrons. The van der Waals surface area contributed by atoms with Crippen molar-refractivity contribution in [1.82, 2.24) is 0 Å². The third-order valence-corrected chi connectivity index (χ3v) is 2.86. The highest BCUT2D eigenvalue weighted by Gasteiger charge is 2.21. The van der Waals surface area contributed by atoms with Gasteiger partial charge in [0.1, 0.15) is 5.76 Å². The molecule has 0 saturated heterocycles. The Kier molecular flexibility index (Phi) is 2.87. The van der Waals surface area contributed by atoms with Crippen LogP contribution in [0, 0.1) is 5.92 Å². The fourth-order valence-corrected chi connectivity index (χ4v) is 2.09. The molecule has 1 heterocycles. The van der Waals surface area contributed by atoms with Gasteiger partial charge >= 0.3 is 0 Å². The van der Waals surface area contributed by atoms with Gasteiger partial charge in [-0.15, -0.1) is 0 Å². The Morgan fingerprint density at radius 2 is 2.43 bits per heavy atom. The van der Waals surface area contributed by atoms with E-state index in [-0.39, 0.29) is 0 Å². The zero-order chi connectivity index (χ0) is 9.80. The molecule has 1 fully saturated rings. The summed E-state index contributed by atoms with van der Waals surface area (Å²) in [5, 5.41) is 12.2. The Morgan fingerprint density at radius 3 is 3.14 bits per heavy atom. The minimum Gasteiger partial charge on any atom is -0.469 e. The van der Waals surface area contributed by atoms with Crippen LogP contribution in [0.4, 0.5) is 0 Å². The number of oxime groups is 1. The van der Waals surface area contributed by atoms with E-state index in [9.17, 15) is 0 Å². The van der Waals surface area contributed by atoms with Gasteiger partial charge in [-0.05, 0) is 31.4 Å². The average Bonchev–Trinajstić information content (AvgIpc) is 2.71. The van der Waals surface area contributed by atoms with E-state index in [1.54, 1.807) is 6.26 Å². The van der Waals surface area contributed by atoms with E-state index in [1.165, 1.54) is 6.42 Å². The van der Waals surface area contributed by atoms with E-state index < -0.39 is 0 Å². The molecule has 14 heavy (non-hydrogen) atoms. The van der Waals surface area contributed by atoms with Crippen molar-refractivity contribution in [2.45, 2.75) is 32.1 Å². The van der Waals surface area contributed by atoms with Crippen LogP contribution < -0.4 is 0 Å². The van der Waals surface area contributed by atoms with Crippen LogP contribution in [-0.4, -0.2) is 10.9 Å². The summed E-state index contributed by atoms with van der Waals surface area (Å²) in [6.07, 6.45) is 6.97. The molecule has 0 bridgehead atoms. The van der Waals surface area contributed by atoms with Crippen molar-refractivity contribution in [1.29, 1.82) is 0 Å². The fraction of sp³-hybridized carbons (Fsp3) is 0.545. The number of furan rings is 1. The van der Waals surface area contributed by atoms with Crippen LogP contribution in [0.25, 0.3) is 0 Å². The smallest absolute Gasteiger partial charge is 0.104 e. The van der Waals surface area contributed by atoms with E-state index in [2.05, 4.69) is 5.16 Å². The molecular formula is C11H15NO2. The summed E-state index contributed by atoms with van der Waals surface area (Å²) < 4.78 is 5.29. The third kappa shape index (κ3) is 1.97. The minimum atomic E-state index is 0.375. The second kappa shape index (κ2) is 4.31. The first-order valence-electron chi connectivity index (χ1n) is 5.13. The normalized spacial score (nSPS) is 25.4. The number of hydrogen-bond donors (Lipinski definition) is 1. The first-order valence-corrected chi connectivity index (χ1v) is 5.13. The quantitative estimate of drug-likeness (QED) is 0.579. The van der Waals surface area contributed by atoms with Crippen LogP contribution in [0.1, 0.15) is 31.4 Å². The summed E-state index contributed by atoms with van der Waals surface area (Å²) in [5.41, 5.74) is 0.938. The van der Waals surface area contributed by atoms with Crippen LogP contribution in [-0.2, 0) is 6.42 Å². The fourth-order valence-electron chi connectivity index (χ4n) is 2.09. The van der Waals surface area contributed by atoms with Crippen molar-refractivity contribution in [2.75, 3.05) is 0 Å². The van der Waals surface area contributed by atoms with E-state index in [0.29, 0.717) is 5.92 Å². The molecule has 1 aliphatic rings. The van der Waals surface area contributed by atoms with Crippen LogP contribution in [0.15, 0.2) is 28.0 Å². The molecule has 3 nitrogen and oxygen atoms in total. The summed E-state index contributed by atoms with van der Waals surface area (Å²) in [5.74, 6) is 1.36. The van der Waals surface area contributed by atoms with Gasteiger partial charge in [0.15, 0.2) is 0 Å². The molecular weight excluding hydrogens is 178 g/mol. The molecule has 1 aromatic rings. The maximum absolute atomic E-state index is 8.85. The lowest BCUT2D eigenvalue weighted by molar-refractivity contribution is 0.307. The second-order valence-electron chi connectivity index (χ2n) is 3.82. The van der Waals surface area contributed by atoms with Crippen LogP contribution >= 0.6 is 0 Å². The maximum atomic E-state index is 8.85. The van der Waals surface area contributed by atoms with Crippen molar-refractivity contribution >= 4 is 5.71 Å². The lowest BCUT2D eigenvalue weighted by Gasteiger charge is -2.21. The largest absolute Gasteiger partial charge is 0.469 e. The predicted octanol–water partition coefficient (Wildman–Crippen LogP) is 2.84. The summed E-state index contributed by atoms with van der Waals surface area (Å²) in [6, 6.07) is 3.87. The molecule has 1 aromatic heterocycles. The topological polar surface area (TPSA) is 45.7 Å². The van der Waals surface area contributed by atoms with Crippen LogP contribution in [0.3, 0.4) is 0 Å². The lowest BCUT2D eigenvalue weighted by atomic mass is 9.84. The molecule has 1 aliphatic carbocycles.